The van der Waals surface area contributed by atoms with Crippen molar-refractivity contribution in [2.24, 2.45) is 5.41 Å². The predicted molar refractivity (Wildman–Crippen MR) is 49.3 cm³/mol. The van der Waals surface area contributed by atoms with Crippen molar-refractivity contribution < 1.29 is 9.32 Å². The number of anilines is 1. The zero-order valence-electron chi connectivity index (χ0n) is 8.13. The van der Waals surface area contributed by atoms with Crippen molar-refractivity contribution in [3.05, 3.63) is 11.8 Å². The lowest BCUT2D eigenvalue weighted by molar-refractivity contribution is -0.105. The van der Waals surface area contributed by atoms with Crippen LogP contribution < -0.4 is 5.32 Å². The highest BCUT2D eigenvalue weighted by Gasteiger charge is 2.14. The summed E-state index contributed by atoms with van der Waals surface area (Å²) in [6, 6.07) is 1.74. The number of hydrogen-bond acceptors (Lipinski definition) is 3. The third-order valence-electron chi connectivity index (χ3n) is 1.47. The van der Waals surface area contributed by atoms with Gasteiger partial charge in [-0.3, -0.25) is 10.1 Å². The molecule has 0 aliphatic rings. The van der Waals surface area contributed by atoms with E-state index in [1.807, 2.05) is 0 Å². The van der Waals surface area contributed by atoms with Gasteiger partial charge in [0.2, 0.25) is 12.3 Å². The molecular weight excluding hydrogens is 168 g/mol. The molecular formula is C9H14N2O2. The summed E-state index contributed by atoms with van der Waals surface area (Å²) < 4.78 is 4.86. The fraction of sp³-hybridized carbons (Fsp3) is 0.556. The van der Waals surface area contributed by atoms with Gasteiger partial charge in [0.05, 0.1) is 5.69 Å². The molecule has 0 fully saturated rings. The Hall–Kier alpha value is -1.32. The van der Waals surface area contributed by atoms with Crippen LogP contribution in [0.4, 0.5) is 5.88 Å². The van der Waals surface area contributed by atoms with Gasteiger partial charge in [-0.2, -0.15) is 0 Å². The van der Waals surface area contributed by atoms with Crippen LogP contribution in [0.2, 0.25) is 0 Å². The van der Waals surface area contributed by atoms with E-state index >= 15 is 0 Å². The van der Waals surface area contributed by atoms with Crippen molar-refractivity contribution in [2.75, 3.05) is 5.32 Å². The average Bonchev–Trinajstić information content (AvgIpc) is 2.33. The summed E-state index contributed by atoms with van der Waals surface area (Å²) in [7, 11) is 0. The molecule has 13 heavy (non-hydrogen) atoms. The largest absolute Gasteiger partial charge is 0.338 e. The second kappa shape index (κ2) is 3.60. The van der Waals surface area contributed by atoms with Crippen LogP contribution in [0, 0.1) is 5.41 Å². The molecule has 0 bridgehead atoms. The summed E-state index contributed by atoms with van der Waals surface area (Å²) in [5.41, 5.74) is 1.03. The zero-order chi connectivity index (χ0) is 9.90. The molecule has 0 unspecified atom stereocenters. The molecule has 0 aliphatic carbocycles. The van der Waals surface area contributed by atoms with Crippen molar-refractivity contribution in [3.63, 3.8) is 0 Å². The van der Waals surface area contributed by atoms with Gasteiger partial charge in [0, 0.05) is 6.07 Å². The topological polar surface area (TPSA) is 55.1 Å². The number of carbonyl (C=O) groups is 1. The van der Waals surface area contributed by atoms with Gasteiger partial charge in [0.25, 0.3) is 0 Å². The van der Waals surface area contributed by atoms with Crippen LogP contribution in [0.25, 0.3) is 0 Å². The molecule has 1 aromatic heterocycles. The Bertz CT molecular complexity index is 286. The first kappa shape index (κ1) is 9.77. The van der Waals surface area contributed by atoms with E-state index < -0.39 is 0 Å². The van der Waals surface area contributed by atoms with E-state index in [9.17, 15) is 4.79 Å². The molecule has 1 N–H and O–H groups in total. The molecule has 0 spiro atoms. The van der Waals surface area contributed by atoms with E-state index in [-0.39, 0.29) is 5.41 Å². The molecule has 1 aromatic rings. The van der Waals surface area contributed by atoms with E-state index in [0.29, 0.717) is 12.3 Å². The van der Waals surface area contributed by atoms with E-state index in [1.165, 1.54) is 0 Å². The fourth-order valence-electron chi connectivity index (χ4n) is 1.06. The third kappa shape index (κ3) is 3.27. The van der Waals surface area contributed by atoms with Gasteiger partial charge < -0.3 is 4.52 Å². The Morgan fingerprint density at radius 1 is 1.62 bits per heavy atom. The zero-order valence-corrected chi connectivity index (χ0v) is 8.13. The highest BCUT2D eigenvalue weighted by molar-refractivity contribution is 5.67. The van der Waals surface area contributed by atoms with Crippen molar-refractivity contribution in [1.82, 2.24) is 5.16 Å². The van der Waals surface area contributed by atoms with Crippen LogP contribution in [0.15, 0.2) is 10.6 Å². The van der Waals surface area contributed by atoms with Crippen LogP contribution in [-0.2, 0) is 11.2 Å². The third-order valence-corrected chi connectivity index (χ3v) is 1.47. The summed E-state index contributed by atoms with van der Waals surface area (Å²) in [6.07, 6.45) is 1.40. The van der Waals surface area contributed by atoms with Crippen molar-refractivity contribution in [3.8, 4) is 0 Å². The molecule has 0 radical (unpaired) electrons. The number of hydrogen-bond donors (Lipinski definition) is 1. The van der Waals surface area contributed by atoms with Crippen molar-refractivity contribution >= 4 is 12.3 Å². The lowest BCUT2D eigenvalue weighted by Gasteiger charge is -2.14. The highest BCUT2D eigenvalue weighted by Crippen LogP contribution is 2.21. The SMILES string of the molecule is CC(C)(C)Cc1cc(NC=O)on1. The van der Waals surface area contributed by atoms with Crippen molar-refractivity contribution in [1.29, 1.82) is 0 Å². The first-order valence-electron chi connectivity index (χ1n) is 4.17. The minimum absolute atomic E-state index is 0.176. The van der Waals surface area contributed by atoms with Gasteiger partial charge in [0.15, 0.2) is 0 Å². The summed E-state index contributed by atoms with van der Waals surface area (Å²) in [5, 5.41) is 6.23. The Balaban J connectivity index is 2.63. The van der Waals surface area contributed by atoms with Crippen LogP contribution in [0.3, 0.4) is 0 Å². The molecule has 0 atom stereocenters. The van der Waals surface area contributed by atoms with Gasteiger partial charge in [-0.1, -0.05) is 25.9 Å². The monoisotopic (exact) mass is 182 g/mol. The molecule has 0 aromatic carbocycles. The van der Waals surface area contributed by atoms with E-state index in [1.54, 1.807) is 6.07 Å². The summed E-state index contributed by atoms with van der Waals surface area (Å²) >= 11 is 0. The number of aromatic nitrogens is 1. The Labute approximate surface area is 77.3 Å². The Morgan fingerprint density at radius 2 is 2.31 bits per heavy atom. The first-order valence-corrected chi connectivity index (χ1v) is 4.17. The van der Waals surface area contributed by atoms with Crippen LogP contribution in [0.1, 0.15) is 26.5 Å². The number of amides is 1. The van der Waals surface area contributed by atoms with Crippen molar-refractivity contribution in [2.45, 2.75) is 27.2 Å². The second-order valence-corrected chi connectivity index (χ2v) is 4.18. The molecule has 0 saturated carbocycles. The molecule has 1 heterocycles. The Morgan fingerprint density at radius 3 is 2.85 bits per heavy atom. The van der Waals surface area contributed by atoms with E-state index in [4.69, 9.17) is 4.52 Å². The molecule has 4 heteroatoms. The number of rotatable bonds is 3. The number of carbonyl (C=O) groups excluding carboxylic acids is 1. The lowest BCUT2D eigenvalue weighted by Crippen LogP contribution is -2.09. The first-order chi connectivity index (χ1) is 6.01. The molecule has 72 valence electrons. The maximum atomic E-state index is 10.1. The van der Waals surface area contributed by atoms with E-state index in [2.05, 4.69) is 31.2 Å². The quantitative estimate of drug-likeness (QED) is 0.725. The van der Waals surface area contributed by atoms with Gasteiger partial charge in [-0.25, -0.2) is 0 Å². The van der Waals surface area contributed by atoms with Gasteiger partial charge in [0.1, 0.15) is 0 Å². The summed E-state index contributed by atoms with van der Waals surface area (Å²) in [5.74, 6) is 0.397. The molecule has 0 aliphatic heterocycles. The van der Waals surface area contributed by atoms with Gasteiger partial charge >= 0.3 is 0 Å². The number of nitrogens with zero attached hydrogens (tertiary/aromatic N) is 1. The number of nitrogens with one attached hydrogen (secondary N) is 1. The second-order valence-electron chi connectivity index (χ2n) is 4.18. The minimum atomic E-state index is 0.176. The van der Waals surface area contributed by atoms with Gasteiger partial charge in [-0.05, 0) is 11.8 Å². The van der Waals surface area contributed by atoms with E-state index in [0.717, 1.165) is 12.1 Å². The Kier molecular flexibility index (Phi) is 2.70. The minimum Gasteiger partial charge on any atom is -0.338 e. The van der Waals surface area contributed by atoms with Crippen LogP contribution >= 0.6 is 0 Å². The summed E-state index contributed by atoms with van der Waals surface area (Å²) in [6.45, 7) is 6.36. The smallest absolute Gasteiger partial charge is 0.231 e. The van der Waals surface area contributed by atoms with Crippen LogP contribution in [0.5, 0.6) is 0 Å². The van der Waals surface area contributed by atoms with Crippen LogP contribution in [-0.4, -0.2) is 11.6 Å². The molecule has 1 amide bonds. The van der Waals surface area contributed by atoms with Gasteiger partial charge in [-0.15, -0.1) is 0 Å². The maximum Gasteiger partial charge on any atom is 0.231 e. The molecule has 4 nitrogen and oxygen atoms in total. The standard InChI is InChI=1S/C9H14N2O2/c1-9(2,3)5-7-4-8(10-6-12)13-11-7/h4,6H,5H2,1-3H3,(H,10,12). The lowest BCUT2D eigenvalue weighted by atomic mass is 9.91. The average molecular weight is 182 g/mol. The molecule has 1 rings (SSSR count). The maximum absolute atomic E-state index is 10.1. The molecule has 0 saturated heterocycles. The predicted octanol–water partition coefficient (Wildman–Crippen LogP) is 1.83. The fourth-order valence-corrected chi connectivity index (χ4v) is 1.06. The summed E-state index contributed by atoms with van der Waals surface area (Å²) in [4.78, 5) is 10.1. The normalized spacial score (nSPS) is 11.3. The highest BCUT2D eigenvalue weighted by atomic mass is 16.5.